The second-order valence-electron chi connectivity index (χ2n) is 4.86. The van der Waals surface area contributed by atoms with E-state index in [-0.39, 0.29) is 23.5 Å². The number of rotatable bonds is 7. The minimum absolute atomic E-state index is 0.128. The van der Waals surface area contributed by atoms with Gasteiger partial charge in [0.15, 0.2) is 0 Å². The summed E-state index contributed by atoms with van der Waals surface area (Å²) in [6.07, 6.45) is 0. The molecule has 0 heterocycles. The maximum absolute atomic E-state index is 12.0. The summed E-state index contributed by atoms with van der Waals surface area (Å²) in [7, 11) is -2.16. The molecule has 0 atom stereocenters. The average Bonchev–Trinajstić information content (AvgIpc) is 2.43. The molecule has 0 amide bonds. The van der Waals surface area contributed by atoms with Crippen molar-refractivity contribution in [1.29, 1.82) is 0 Å². The van der Waals surface area contributed by atoms with Crippen molar-refractivity contribution >= 4 is 21.7 Å². The quantitative estimate of drug-likeness (QED) is 0.769. The first-order valence-corrected chi connectivity index (χ1v) is 8.22. The van der Waals surface area contributed by atoms with Crippen molar-refractivity contribution in [1.82, 2.24) is 4.72 Å². The summed E-state index contributed by atoms with van der Waals surface area (Å²) in [6.45, 7) is 6.19. The first kappa shape index (κ1) is 17.5. The smallest absolute Gasteiger partial charge is 0.325 e. The summed E-state index contributed by atoms with van der Waals surface area (Å²) in [6, 6.07) is 6.25. The zero-order valence-electron chi connectivity index (χ0n) is 12.8. The minimum atomic E-state index is -3.50. The molecule has 0 fully saturated rings. The van der Waals surface area contributed by atoms with Crippen LogP contribution in [0.15, 0.2) is 29.2 Å². The van der Waals surface area contributed by atoms with Gasteiger partial charge in [-0.3, -0.25) is 4.79 Å². The molecular weight excluding hydrogens is 292 g/mol. The maximum atomic E-state index is 12.0. The molecule has 0 radical (unpaired) electrons. The number of likely N-dealkylation sites (N-methyl/N-ethyl adjacent to an activating group) is 1. The first-order chi connectivity index (χ1) is 9.80. The third kappa shape index (κ3) is 5.02. The molecule has 21 heavy (non-hydrogen) atoms. The summed E-state index contributed by atoms with van der Waals surface area (Å²) < 4.78 is 31.2. The Hall–Kier alpha value is -1.60. The van der Waals surface area contributed by atoms with Gasteiger partial charge in [-0.25, -0.2) is 13.1 Å². The van der Waals surface area contributed by atoms with Crippen LogP contribution < -0.4 is 9.62 Å². The molecular formula is C14H22N2O4S. The molecule has 0 aromatic heterocycles. The zero-order chi connectivity index (χ0) is 16.0. The number of nitrogens with zero attached hydrogens (tertiary/aromatic N) is 1. The summed E-state index contributed by atoms with van der Waals surface area (Å²) in [5, 5.41) is 0. The Bertz CT molecular complexity index is 567. The molecule has 0 aliphatic carbocycles. The number of methoxy groups -OCH3 is 1. The topological polar surface area (TPSA) is 75.7 Å². The van der Waals surface area contributed by atoms with Gasteiger partial charge < -0.3 is 9.64 Å². The van der Waals surface area contributed by atoms with E-state index in [4.69, 9.17) is 0 Å². The van der Waals surface area contributed by atoms with Gasteiger partial charge in [-0.15, -0.1) is 0 Å². The van der Waals surface area contributed by atoms with Gasteiger partial charge in [0, 0.05) is 18.3 Å². The van der Waals surface area contributed by atoms with Crippen molar-refractivity contribution in [2.75, 3.05) is 25.1 Å². The van der Waals surface area contributed by atoms with Crippen molar-refractivity contribution in [3.05, 3.63) is 24.3 Å². The molecule has 0 saturated carbocycles. The Morgan fingerprint density at radius 3 is 2.29 bits per heavy atom. The Morgan fingerprint density at radius 2 is 1.86 bits per heavy atom. The zero-order valence-corrected chi connectivity index (χ0v) is 13.6. The molecule has 1 N–H and O–H groups in total. The van der Waals surface area contributed by atoms with E-state index in [9.17, 15) is 13.2 Å². The van der Waals surface area contributed by atoms with Gasteiger partial charge >= 0.3 is 5.97 Å². The van der Waals surface area contributed by atoms with Gasteiger partial charge in [0.2, 0.25) is 10.0 Å². The number of nitrogens with one attached hydrogen (secondary N) is 1. The van der Waals surface area contributed by atoms with Crippen LogP contribution in [0, 0.1) is 0 Å². The molecule has 0 spiro atoms. The number of carbonyl (C=O) groups is 1. The lowest BCUT2D eigenvalue weighted by atomic mass is 10.3. The summed E-state index contributed by atoms with van der Waals surface area (Å²) in [4.78, 5) is 13.3. The number of hydrogen-bond acceptors (Lipinski definition) is 5. The Labute approximate surface area is 126 Å². The van der Waals surface area contributed by atoms with Crippen LogP contribution in [0.3, 0.4) is 0 Å². The van der Waals surface area contributed by atoms with Crippen LogP contribution in [-0.2, 0) is 19.6 Å². The number of carbonyl (C=O) groups excluding carboxylic acids is 1. The van der Waals surface area contributed by atoms with Crippen LogP contribution >= 0.6 is 0 Å². The van der Waals surface area contributed by atoms with Gasteiger partial charge in [-0.05, 0) is 45.0 Å². The molecule has 1 aromatic carbocycles. The lowest BCUT2D eigenvalue weighted by molar-refractivity contribution is -0.138. The third-order valence-corrected chi connectivity index (χ3v) is 4.51. The number of esters is 1. The highest BCUT2D eigenvalue weighted by atomic mass is 32.2. The Balaban J connectivity index is 2.93. The van der Waals surface area contributed by atoms with Crippen LogP contribution in [-0.4, -0.2) is 40.6 Å². The second kappa shape index (κ2) is 7.42. The normalized spacial score (nSPS) is 11.5. The van der Waals surface area contributed by atoms with Crippen LogP contribution in [0.4, 0.5) is 5.69 Å². The number of hydrogen-bond donors (Lipinski definition) is 1. The van der Waals surface area contributed by atoms with E-state index in [1.165, 1.54) is 19.2 Å². The van der Waals surface area contributed by atoms with Gasteiger partial charge in [0.1, 0.15) is 6.54 Å². The second-order valence-corrected chi connectivity index (χ2v) is 6.57. The van der Waals surface area contributed by atoms with Crippen molar-refractivity contribution in [3.8, 4) is 0 Å². The number of sulfonamides is 1. The van der Waals surface area contributed by atoms with E-state index in [0.717, 1.165) is 5.69 Å². The predicted octanol–water partition coefficient (Wildman–Crippen LogP) is 1.37. The number of benzene rings is 1. The molecule has 0 bridgehead atoms. The van der Waals surface area contributed by atoms with E-state index in [1.54, 1.807) is 30.9 Å². The van der Waals surface area contributed by atoms with Crippen LogP contribution in [0.5, 0.6) is 0 Å². The lowest BCUT2D eigenvalue weighted by Crippen LogP contribution is -2.31. The molecule has 7 heteroatoms. The minimum Gasteiger partial charge on any atom is -0.468 e. The van der Waals surface area contributed by atoms with E-state index < -0.39 is 10.0 Å². The largest absolute Gasteiger partial charge is 0.468 e. The fraction of sp³-hybridized carbons (Fsp3) is 0.500. The van der Waals surface area contributed by atoms with E-state index in [2.05, 4.69) is 9.46 Å². The Morgan fingerprint density at radius 1 is 1.29 bits per heavy atom. The average molecular weight is 314 g/mol. The summed E-state index contributed by atoms with van der Waals surface area (Å²) in [5.41, 5.74) is 0.770. The van der Waals surface area contributed by atoms with Crippen molar-refractivity contribution < 1.29 is 17.9 Å². The fourth-order valence-corrected chi connectivity index (χ4v) is 3.07. The highest BCUT2D eigenvalue weighted by Gasteiger charge is 2.16. The highest BCUT2D eigenvalue weighted by molar-refractivity contribution is 7.89. The molecule has 1 aromatic rings. The van der Waals surface area contributed by atoms with Crippen LogP contribution in [0.25, 0.3) is 0 Å². The van der Waals surface area contributed by atoms with E-state index in [1.807, 2.05) is 6.92 Å². The maximum Gasteiger partial charge on any atom is 0.325 e. The van der Waals surface area contributed by atoms with E-state index >= 15 is 0 Å². The van der Waals surface area contributed by atoms with E-state index in [0.29, 0.717) is 6.54 Å². The standard InChI is InChI=1S/C14H22N2O4S/c1-5-16(10-14(17)20-4)12-6-8-13(9-7-12)21(18,19)15-11(2)3/h6-9,11,15H,5,10H2,1-4H3. The number of ether oxygens (including phenoxy) is 1. The lowest BCUT2D eigenvalue weighted by Gasteiger charge is -2.21. The molecule has 6 nitrogen and oxygen atoms in total. The SMILES string of the molecule is CCN(CC(=O)OC)c1ccc(S(=O)(=O)NC(C)C)cc1. The summed E-state index contributed by atoms with van der Waals surface area (Å²) >= 11 is 0. The van der Waals surface area contributed by atoms with Crippen molar-refractivity contribution in [2.45, 2.75) is 31.7 Å². The van der Waals surface area contributed by atoms with Crippen molar-refractivity contribution in [3.63, 3.8) is 0 Å². The van der Waals surface area contributed by atoms with Crippen LogP contribution in [0.1, 0.15) is 20.8 Å². The number of anilines is 1. The molecule has 118 valence electrons. The molecule has 1 rings (SSSR count). The molecule has 0 saturated heterocycles. The first-order valence-electron chi connectivity index (χ1n) is 6.74. The predicted molar refractivity (Wildman–Crippen MR) is 81.8 cm³/mol. The third-order valence-electron chi connectivity index (χ3n) is 2.83. The molecule has 0 aliphatic rings. The van der Waals surface area contributed by atoms with Gasteiger partial charge in [-0.2, -0.15) is 0 Å². The van der Waals surface area contributed by atoms with Gasteiger partial charge in [0.25, 0.3) is 0 Å². The fourth-order valence-electron chi connectivity index (χ4n) is 1.82. The van der Waals surface area contributed by atoms with Crippen molar-refractivity contribution in [2.24, 2.45) is 0 Å². The Kier molecular flexibility index (Phi) is 6.17. The molecule has 0 aliphatic heterocycles. The van der Waals surface area contributed by atoms with Gasteiger partial charge in [-0.1, -0.05) is 0 Å². The molecule has 0 unspecified atom stereocenters. The highest BCUT2D eigenvalue weighted by Crippen LogP contribution is 2.18. The monoisotopic (exact) mass is 314 g/mol. The summed E-state index contributed by atoms with van der Waals surface area (Å²) in [5.74, 6) is -0.338. The van der Waals surface area contributed by atoms with Crippen LogP contribution in [0.2, 0.25) is 0 Å². The van der Waals surface area contributed by atoms with Gasteiger partial charge in [0.05, 0.1) is 12.0 Å².